The number of hydrogen-bond donors (Lipinski definition) is 1. The molecule has 128 valence electrons. The second-order valence-electron chi connectivity index (χ2n) is 5.89. The van der Waals surface area contributed by atoms with Crippen LogP contribution >= 0.6 is 11.8 Å². The van der Waals surface area contributed by atoms with Crippen molar-refractivity contribution in [2.75, 3.05) is 6.54 Å². The molecule has 0 atom stereocenters. The molecule has 0 saturated carbocycles. The molecule has 2 aromatic carbocycles. The summed E-state index contributed by atoms with van der Waals surface area (Å²) in [4.78, 5) is 19.7. The van der Waals surface area contributed by atoms with Gasteiger partial charge in [-0.2, -0.15) is 0 Å². The highest BCUT2D eigenvalue weighted by atomic mass is 32.2. The predicted molar refractivity (Wildman–Crippen MR) is 104 cm³/mol. The van der Waals surface area contributed by atoms with Gasteiger partial charge in [-0.15, -0.1) is 0 Å². The lowest BCUT2D eigenvalue weighted by atomic mass is 10.2. The van der Waals surface area contributed by atoms with Gasteiger partial charge in [0.25, 0.3) is 5.91 Å². The number of carbonyl (C=O) groups excluding carboxylic acids is 1. The molecule has 1 aliphatic rings. The number of nitrogens with zero attached hydrogens (tertiary/aromatic N) is 2. The molecular formula is C20H20N2O2S. The van der Waals surface area contributed by atoms with Crippen LogP contribution in [0.5, 0.6) is 5.75 Å². The summed E-state index contributed by atoms with van der Waals surface area (Å²) in [6, 6.07) is 14.8. The number of aliphatic imine (C=N–C) groups is 1. The first-order valence-corrected chi connectivity index (χ1v) is 9.04. The monoisotopic (exact) mass is 352 g/mol. The van der Waals surface area contributed by atoms with Gasteiger partial charge in [-0.3, -0.25) is 9.69 Å². The summed E-state index contributed by atoms with van der Waals surface area (Å²) in [6.45, 7) is 4.70. The molecule has 1 aliphatic heterocycles. The van der Waals surface area contributed by atoms with Gasteiger partial charge in [-0.05, 0) is 61.0 Å². The molecule has 0 bridgehead atoms. The van der Waals surface area contributed by atoms with E-state index in [2.05, 4.69) is 4.99 Å². The van der Waals surface area contributed by atoms with Crippen molar-refractivity contribution in [3.8, 4) is 5.75 Å². The van der Waals surface area contributed by atoms with Crippen molar-refractivity contribution in [2.45, 2.75) is 20.3 Å². The summed E-state index contributed by atoms with van der Waals surface area (Å²) in [6.07, 6.45) is 2.66. The zero-order chi connectivity index (χ0) is 17.8. The van der Waals surface area contributed by atoms with Crippen LogP contribution in [-0.4, -0.2) is 27.6 Å². The number of amidine groups is 1. The van der Waals surface area contributed by atoms with Crippen molar-refractivity contribution in [2.24, 2.45) is 4.99 Å². The van der Waals surface area contributed by atoms with Crippen LogP contribution in [0.25, 0.3) is 6.08 Å². The highest BCUT2D eigenvalue weighted by Crippen LogP contribution is 2.34. The number of thioether (sulfide) groups is 1. The van der Waals surface area contributed by atoms with Crippen molar-refractivity contribution < 1.29 is 9.90 Å². The fourth-order valence-corrected chi connectivity index (χ4v) is 3.53. The van der Waals surface area contributed by atoms with Gasteiger partial charge in [0, 0.05) is 6.54 Å². The number of aryl methyl sites for hydroxylation is 1. The van der Waals surface area contributed by atoms with Gasteiger partial charge >= 0.3 is 0 Å². The first-order chi connectivity index (χ1) is 12.1. The largest absolute Gasteiger partial charge is 0.508 e. The highest BCUT2D eigenvalue weighted by molar-refractivity contribution is 8.18. The van der Waals surface area contributed by atoms with Gasteiger partial charge in [0.05, 0.1) is 10.6 Å². The Hall–Kier alpha value is -2.53. The summed E-state index contributed by atoms with van der Waals surface area (Å²) >= 11 is 1.37. The molecule has 1 N–H and O–H groups in total. The standard InChI is InChI=1S/C20H20N2O2S/c1-3-11-22-19(24)18(13-15-5-4-6-17(23)12-15)25-20(22)21-16-9-7-14(2)8-10-16/h4-10,12-13,23H,3,11H2,1-2H3/b18-13+,21-20?. The zero-order valence-corrected chi connectivity index (χ0v) is 15.1. The van der Waals surface area contributed by atoms with E-state index in [1.54, 1.807) is 29.2 Å². The number of hydrogen-bond acceptors (Lipinski definition) is 4. The SMILES string of the molecule is CCCN1C(=O)/C(=C\c2cccc(O)c2)SC1=Nc1ccc(C)cc1. The van der Waals surface area contributed by atoms with E-state index in [0.29, 0.717) is 16.6 Å². The minimum atomic E-state index is -0.0407. The van der Waals surface area contributed by atoms with E-state index in [-0.39, 0.29) is 11.7 Å². The van der Waals surface area contributed by atoms with Gasteiger partial charge in [-0.1, -0.05) is 36.8 Å². The van der Waals surface area contributed by atoms with Crippen molar-refractivity contribution in [1.29, 1.82) is 0 Å². The molecule has 1 heterocycles. The lowest BCUT2D eigenvalue weighted by Crippen LogP contribution is -2.29. The van der Waals surface area contributed by atoms with E-state index in [1.807, 2.05) is 44.2 Å². The fourth-order valence-electron chi connectivity index (χ4n) is 2.51. The molecule has 25 heavy (non-hydrogen) atoms. The molecule has 1 saturated heterocycles. The summed E-state index contributed by atoms with van der Waals surface area (Å²) in [5.41, 5.74) is 2.80. The summed E-state index contributed by atoms with van der Waals surface area (Å²) in [7, 11) is 0. The third kappa shape index (κ3) is 4.12. The maximum atomic E-state index is 12.7. The van der Waals surface area contributed by atoms with Gasteiger partial charge in [0.1, 0.15) is 5.75 Å². The number of benzene rings is 2. The smallest absolute Gasteiger partial charge is 0.266 e. The molecule has 3 rings (SSSR count). The average Bonchev–Trinajstić information content (AvgIpc) is 2.86. The van der Waals surface area contributed by atoms with Crippen LogP contribution in [0.4, 0.5) is 5.69 Å². The second-order valence-corrected chi connectivity index (χ2v) is 6.90. The maximum Gasteiger partial charge on any atom is 0.266 e. The Labute approximate surface area is 151 Å². The van der Waals surface area contributed by atoms with Crippen molar-refractivity contribution >= 4 is 34.6 Å². The molecule has 0 unspecified atom stereocenters. The Bertz CT molecular complexity index is 841. The van der Waals surface area contributed by atoms with Crippen LogP contribution in [0.1, 0.15) is 24.5 Å². The van der Waals surface area contributed by atoms with E-state index in [4.69, 9.17) is 0 Å². The first kappa shape index (κ1) is 17.3. The lowest BCUT2D eigenvalue weighted by molar-refractivity contribution is -0.122. The summed E-state index contributed by atoms with van der Waals surface area (Å²) in [5.74, 6) is 0.143. The van der Waals surface area contributed by atoms with E-state index in [0.717, 1.165) is 17.7 Å². The zero-order valence-electron chi connectivity index (χ0n) is 14.3. The van der Waals surface area contributed by atoms with Crippen molar-refractivity contribution in [1.82, 2.24) is 4.90 Å². The quantitative estimate of drug-likeness (QED) is 0.811. The van der Waals surface area contributed by atoms with Crippen molar-refractivity contribution in [3.63, 3.8) is 0 Å². The number of carbonyl (C=O) groups is 1. The van der Waals surface area contributed by atoms with Crippen LogP contribution in [0.2, 0.25) is 0 Å². The fraction of sp³-hybridized carbons (Fsp3) is 0.200. The molecule has 0 spiro atoms. The van der Waals surface area contributed by atoms with Crippen molar-refractivity contribution in [3.05, 3.63) is 64.6 Å². The Morgan fingerprint density at radius 1 is 1.20 bits per heavy atom. The molecule has 1 amide bonds. The lowest BCUT2D eigenvalue weighted by Gasteiger charge is -2.13. The molecule has 4 nitrogen and oxygen atoms in total. The molecule has 0 aliphatic carbocycles. The van der Waals surface area contributed by atoms with Crippen LogP contribution in [-0.2, 0) is 4.79 Å². The number of rotatable bonds is 4. The highest BCUT2D eigenvalue weighted by Gasteiger charge is 2.32. The van der Waals surface area contributed by atoms with Crippen LogP contribution in [0, 0.1) is 6.92 Å². The van der Waals surface area contributed by atoms with Gasteiger partial charge in [0.2, 0.25) is 0 Å². The maximum absolute atomic E-state index is 12.7. The Morgan fingerprint density at radius 3 is 2.64 bits per heavy atom. The van der Waals surface area contributed by atoms with Crippen LogP contribution < -0.4 is 0 Å². The summed E-state index contributed by atoms with van der Waals surface area (Å²) in [5, 5.41) is 10.3. The van der Waals surface area contributed by atoms with E-state index >= 15 is 0 Å². The summed E-state index contributed by atoms with van der Waals surface area (Å²) < 4.78 is 0. The van der Waals surface area contributed by atoms with Gasteiger partial charge < -0.3 is 5.11 Å². The Kier molecular flexibility index (Phi) is 5.24. The third-order valence-electron chi connectivity index (χ3n) is 3.76. The molecule has 2 aromatic rings. The minimum Gasteiger partial charge on any atom is -0.508 e. The third-order valence-corrected chi connectivity index (χ3v) is 4.77. The molecule has 1 fully saturated rings. The van der Waals surface area contributed by atoms with E-state index < -0.39 is 0 Å². The topological polar surface area (TPSA) is 52.9 Å². The Morgan fingerprint density at radius 2 is 1.96 bits per heavy atom. The van der Waals surface area contributed by atoms with Gasteiger partial charge in [0.15, 0.2) is 5.17 Å². The van der Waals surface area contributed by atoms with E-state index in [1.165, 1.54) is 17.3 Å². The molecule has 0 radical (unpaired) electrons. The first-order valence-electron chi connectivity index (χ1n) is 8.22. The van der Waals surface area contributed by atoms with Crippen LogP contribution in [0.3, 0.4) is 0 Å². The number of amides is 1. The normalized spacial score (nSPS) is 17.7. The predicted octanol–water partition coefficient (Wildman–Crippen LogP) is 4.71. The Balaban J connectivity index is 1.93. The molecule has 5 heteroatoms. The molecule has 0 aromatic heterocycles. The van der Waals surface area contributed by atoms with Crippen LogP contribution in [0.15, 0.2) is 58.4 Å². The number of phenolic OH excluding ortho intramolecular Hbond substituents is 1. The van der Waals surface area contributed by atoms with E-state index in [9.17, 15) is 9.90 Å². The second kappa shape index (κ2) is 7.57. The minimum absolute atomic E-state index is 0.0407. The average molecular weight is 352 g/mol. The van der Waals surface area contributed by atoms with Gasteiger partial charge in [-0.25, -0.2) is 4.99 Å². The molecular weight excluding hydrogens is 332 g/mol. The number of aromatic hydroxyl groups is 1. The number of phenols is 1.